The fourth-order valence-corrected chi connectivity index (χ4v) is 3.35. The molecule has 1 amide bonds. The third kappa shape index (κ3) is 8.73. The molecule has 1 heterocycles. The number of amides is 1. The zero-order valence-electron chi connectivity index (χ0n) is 21.0. The number of carbonyl (C=O) groups excluding carboxylic acids is 1. The van der Waals surface area contributed by atoms with Crippen LogP contribution in [0.3, 0.4) is 0 Å². The van der Waals surface area contributed by atoms with Crippen LogP contribution in [0.1, 0.15) is 80.2 Å². The van der Waals surface area contributed by atoms with Crippen molar-refractivity contribution in [3.63, 3.8) is 0 Å². The molecule has 30 heavy (non-hydrogen) atoms. The molecule has 0 fully saturated rings. The second-order valence-corrected chi connectivity index (χ2v) is 7.39. The van der Waals surface area contributed by atoms with Gasteiger partial charge >= 0.3 is 0 Å². The van der Waals surface area contributed by atoms with Gasteiger partial charge in [0.1, 0.15) is 0 Å². The van der Waals surface area contributed by atoms with Crippen molar-refractivity contribution in [3.05, 3.63) is 35.5 Å². The molecular formula is C26H45N3O. The monoisotopic (exact) mass is 415 g/mol. The molecule has 0 aromatic heterocycles. The number of fused-ring (bicyclic) bond motifs is 1. The summed E-state index contributed by atoms with van der Waals surface area (Å²) in [7, 11) is 1.89. The van der Waals surface area contributed by atoms with Crippen molar-refractivity contribution in [3.8, 4) is 0 Å². The van der Waals surface area contributed by atoms with Gasteiger partial charge in [0.25, 0.3) is 0 Å². The van der Waals surface area contributed by atoms with Crippen molar-refractivity contribution < 1.29 is 4.79 Å². The minimum absolute atomic E-state index is 0.194. The van der Waals surface area contributed by atoms with Gasteiger partial charge in [-0.1, -0.05) is 60.1 Å². The van der Waals surface area contributed by atoms with Crippen LogP contribution in [0, 0.1) is 5.92 Å². The van der Waals surface area contributed by atoms with Gasteiger partial charge in [-0.2, -0.15) is 0 Å². The molecule has 4 nitrogen and oxygen atoms in total. The molecule has 0 bridgehead atoms. The second kappa shape index (κ2) is 15.7. The van der Waals surface area contributed by atoms with Gasteiger partial charge in [-0.05, 0) is 50.3 Å². The van der Waals surface area contributed by atoms with E-state index < -0.39 is 0 Å². The Labute approximate surface area is 186 Å². The lowest BCUT2D eigenvalue weighted by atomic mass is 10.1. The van der Waals surface area contributed by atoms with E-state index in [-0.39, 0.29) is 5.91 Å². The van der Waals surface area contributed by atoms with Crippen LogP contribution in [0.2, 0.25) is 0 Å². The van der Waals surface area contributed by atoms with Crippen molar-refractivity contribution >= 4 is 23.5 Å². The van der Waals surface area contributed by atoms with E-state index in [0.29, 0.717) is 12.3 Å². The van der Waals surface area contributed by atoms with Crippen LogP contribution >= 0.6 is 0 Å². The fraction of sp³-hybridized carbons (Fsp3) is 0.615. The van der Waals surface area contributed by atoms with E-state index in [2.05, 4.69) is 48.0 Å². The molecule has 0 radical (unpaired) electrons. The molecule has 1 aromatic rings. The van der Waals surface area contributed by atoms with Gasteiger partial charge in [0.05, 0.1) is 12.2 Å². The molecule has 4 heteroatoms. The maximum atomic E-state index is 12.5. The number of rotatable bonds is 8. The third-order valence-corrected chi connectivity index (χ3v) is 4.98. The Morgan fingerprint density at radius 3 is 2.43 bits per heavy atom. The first-order valence-electron chi connectivity index (χ1n) is 11.7. The van der Waals surface area contributed by atoms with Gasteiger partial charge in [0.2, 0.25) is 5.91 Å². The molecule has 0 unspecified atom stereocenters. The zero-order chi connectivity index (χ0) is 23.1. The van der Waals surface area contributed by atoms with E-state index in [1.165, 1.54) is 11.3 Å². The number of carbonyl (C=O) groups is 1. The highest BCUT2D eigenvalue weighted by molar-refractivity contribution is 5.93. The van der Waals surface area contributed by atoms with E-state index in [0.717, 1.165) is 43.7 Å². The highest BCUT2D eigenvalue weighted by Crippen LogP contribution is 2.32. The Kier molecular flexibility index (Phi) is 14.6. The lowest BCUT2D eigenvalue weighted by Gasteiger charge is -2.23. The van der Waals surface area contributed by atoms with E-state index >= 15 is 0 Å². The lowest BCUT2D eigenvalue weighted by molar-refractivity contribution is -0.118. The minimum atomic E-state index is 0.194. The summed E-state index contributed by atoms with van der Waals surface area (Å²) in [6.45, 7) is 18.2. The van der Waals surface area contributed by atoms with Gasteiger partial charge in [-0.3, -0.25) is 9.79 Å². The van der Waals surface area contributed by atoms with E-state index in [9.17, 15) is 4.79 Å². The first kappa shape index (κ1) is 27.9. The van der Waals surface area contributed by atoms with Crippen molar-refractivity contribution in [1.82, 2.24) is 0 Å². The second-order valence-electron chi connectivity index (χ2n) is 7.39. The number of hydrogen-bond acceptors (Lipinski definition) is 3. The van der Waals surface area contributed by atoms with Crippen LogP contribution < -0.4 is 9.80 Å². The van der Waals surface area contributed by atoms with Crippen LogP contribution in [0.4, 0.5) is 11.4 Å². The molecule has 170 valence electrons. The summed E-state index contributed by atoms with van der Waals surface area (Å²) < 4.78 is 0. The summed E-state index contributed by atoms with van der Waals surface area (Å²) in [6.07, 6.45) is 7.62. The molecule has 0 saturated carbocycles. The standard InChI is InChI=1S/C22H33N3O.2C2H6/c1-6-19(23-7-2)16-25-14-13-18-11-12-20(15-21(18)25)24(5)22(26)10-8-9-17(3)4;2*1-2/h6-7,11-12,15,17H,8-10,13-14,16H2,1-5H3;2*1-2H3/b19-6-,23-7?;;. The Bertz CT molecular complexity index is 677. The Morgan fingerprint density at radius 1 is 1.20 bits per heavy atom. The van der Waals surface area contributed by atoms with Gasteiger partial charge in [0.15, 0.2) is 0 Å². The molecule has 0 spiro atoms. The molecule has 2 rings (SSSR count). The van der Waals surface area contributed by atoms with Crippen molar-refractivity contribution in [2.24, 2.45) is 10.9 Å². The van der Waals surface area contributed by atoms with E-state index in [1.807, 2.05) is 54.8 Å². The van der Waals surface area contributed by atoms with E-state index in [1.54, 1.807) is 4.90 Å². The summed E-state index contributed by atoms with van der Waals surface area (Å²) in [5.74, 6) is 0.841. The van der Waals surface area contributed by atoms with Crippen molar-refractivity contribution in [2.45, 2.75) is 81.1 Å². The molecule has 1 aliphatic rings. The molecule has 1 aliphatic heterocycles. The summed E-state index contributed by atoms with van der Waals surface area (Å²) >= 11 is 0. The van der Waals surface area contributed by atoms with Gasteiger partial charge in [-0.15, -0.1) is 0 Å². The average molecular weight is 416 g/mol. The minimum Gasteiger partial charge on any atom is -0.365 e. The maximum absolute atomic E-state index is 12.5. The first-order chi connectivity index (χ1) is 14.5. The predicted molar refractivity (Wildman–Crippen MR) is 135 cm³/mol. The quantitative estimate of drug-likeness (QED) is 0.434. The topological polar surface area (TPSA) is 35.9 Å². The number of hydrogen-bond donors (Lipinski definition) is 0. The normalized spacial score (nSPS) is 12.9. The number of allylic oxidation sites excluding steroid dienone is 1. The fourth-order valence-electron chi connectivity index (χ4n) is 3.35. The summed E-state index contributed by atoms with van der Waals surface area (Å²) in [5.41, 5.74) is 4.63. The molecule has 0 aliphatic carbocycles. The summed E-state index contributed by atoms with van der Waals surface area (Å²) in [5, 5.41) is 0. The lowest BCUT2D eigenvalue weighted by Crippen LogP contribution is -2.27. The molecule has 1 aromatic carbocycles. The smallest absolute Gasteiger partial charge is 0.226 e. The van der Waals surface area contributed by atoms with Crippen LogP contribution in [0.25, 0.3) is 0 Å². The molecule has 0 atom stereocenters. The average Bonchev–Trinajstić information content (AvgIpc) is 3.17. The highest BCUT2D eigenvalue weighted by Gasteiger charge is 2.21. The van der Waals surface area contributed by atoms with E-state index in [4.69, 9.17) is 0 Å². The number of anilines is 2. The largest absolute Gasteiger partial charge is 0.365 e. The highest BCUT2D eigenvalue weighted by atomic mass is 16.2. The first-order valence-corrected chi connectivity index (χ1v) is 11.7. The maximum Gasteiger partial charge on any atom is 0.226 e. The Morgan fingerprint density at radius 2 is 1.87 bits per heavy atom. The molecule has 0 saturated heterocycles. The van der Waals surface area contributed by atoms with Crippen LogP contribution in [0.15, 0.2) is 35.0 Å². The van der Waals surface area contributed by atoms with Gasteiger partial charge in [-0.25, -0.2) is 0 Å². The molecule has 0 N–H and O–H groups in total. The number of nitrogens with zero attached hydrogens (tertiary/aromatic N) is 3. The van der Waals surface area contributed by atoms with Crippen LogP contribution in [-0.4, -0.2) is 32.3 Å². The zero-order valence-corrected chi connectivity index (χ0v) is 21.0. The SMILES string of the molecule is CC.CC.CC=N/C(=C\C)CN1CCc2ccc(N(C)C(=O)CCCC(C)C)cc21. The van der Waals surface area contributed by atoms with Crippen LogP contribution in [0.5, 0.6) is 0 Å². The third-order valence-electron chi connectivity index (χ3n) is 4.98. The van der Waals surface area contributed by atoms with Gasteiger partial charge < -0.3 is 9.80 Å². The Hall–Kier alpha value is -2.10. The van der Waals surface area contributed by atoms with Crippen molar-refractivity contribution in [2.75, 3.05) is 29.9 Å². The number of benzene rings is 1. The molecular weight excluding hydrogens is 370 g/mol. The number of aliphatic imine (C=N–C) groups is 1. The van der Waals surface area contributed by atoms with Gasteiger partial charge in [0, 0.05) is 37.6 Å². The summed E-state index contributed by atoms with van der Waals surface area (Å²) in [4.78, 5) is 21.1. The Balaban J connectivity index is 0.00000198. The summed E-state index contributed by atoms with van der Waals surface area (Å²) in [6, 6.07) is 6.40. The predicted octanol–water partition coefficient (Wildman–Crippen LogP) is 6.89. The van der Waals surface area contributed by atoms with Crippen molar-refractivity contribution in [1.29, 1.82) is 0 Å². The van der Waals surface area contributed by atoms with Crippen LogP contribution in [-0.2, 0) is 11.2 Å².